The summed E-state index contributed by atoms with van der Waals surface area (Å²) < 4.78 is 7.43. The number of aldehydes is 1. The molecule has 7 heteroatoms. The number of nitrogens with one attached hydrogen (secondary N) is 1. The molecule has 0 spiro atoms. The molecule has 110 valence electrons. The molecule has 21 heavy (non-hydrogen) atoms. The zero-order valence-electron chi connectivity index (χ0n) is 11.2. The summed E-state index contributed by atoms with van der Waals surface area (Å²) in [7, 11) is 0. The number of ether oxygens (including phenoxy) is 1. The lowest BCUT2D eigenvalue weighted by molar-refractivity contribution is -0.109. The zero-order chi connectivity index (χ0) is 15.2. The van der Waals surface area contributed by atoms with Crippen LogP contribution in [0, 0.1) is 4.77 Å². The maximum Gasteiger partial charge on any atom is 0.252 e. The van der Waals surface area contributed by atoms with Gasteiger partial charge < -0.3 is 15.0 Å². The van der Waals surface area contributed by atoms with Crippen LogP contribution < -0.4 is 16.0 Å². The van der Waals surface area contributed by atoms with Crippen LogP contribution in [0.25, 0.3) is 11.3 Å². The third-order valence-electron chi connectivity index (χ3n) is 2.86. The predicted octanol–water partition coefficient (Wildman–Crippen LogP) is 1.11. The molecule has 0 atom stereocenters. The van der Waals surface area contributed by atoms with Crippen molar-refractivity contribution in [2.45, 2.75) is 6.54 Å². The molecular formula is C14H15N3O3S. The van der Waals surface area contributed by atoms with Crippen molar-refractivity contribution in [3.63, 3.8) is 0 Å². The summed E-state index contributed by atoms with van der Waals surface area (Å²) in [4.78, 5) is 24.8. The van der Waals surface area contributed by atoms with Crippen molar-refractivity contribution >= 4 is 18.5 Å². The van der Waals surface area contributed by atoms with Crippen molar-refractivity contribution < 1.29 is 9.53 Å². The van der Waals surface area contributed by atoms with E-state index in [-0.39, 0.29) is 12.2 Å². The minimum Gasteiger partial charge on any atom is -0.485 e. The molecule has 0 bridgehead atoms. The van der Waals surface area contributed by atoms with Crippen molar-refractivity contribution in [3.05, 3.63) is 45.5 Å². The van der Waals surface area contributed by atoms with Crippen LogP contribution in [0.1, 0.15) is 0 Å². The molecule has 0 saturated heterocycles. The molecule has 0 aliphatic heterocycles. The molecule has 0 unspecified atom stereocenters. The average Bonchev–Trinajstić information content (AvgIpc) is 2.48. The Balaban J connectivity index is 2.63. The van der Waals surface area contributed by atoms with Gasteiger partial charge in [0.15, 0.2) is 11.1 Å². The molecule has 0 amide bonds. The highest BCUT2D eigenvalue weighted by molar-refractivity contribution is 7.71. The fraction of sp³-hybridized carbons (Fsp3) is 0.214. The highest BCUT2D eigenvalue weighted by atomic mass is 32.1. The molecule has 1 aromatic heterocycles. The molecular weight excluding hydrogens is 290 g/mol. The van der Waals surface area contributed by atoms with Crippen molar-refractivity contribution in [1.82, 2.24) is 9.55 Å². The van der Waals surface area contributed by atoms with E-state index >= 15 is 0 Å². The summed E-state index contributed by atoms with van der Waals surface area (Å²) in [5.41, 5.74) is 6.59. The molecule has 3 N–H and O–H groups in total. The van der Waals surface area contributed by atoms with Gasteiger partial charge in [-0.1, -0.05) is 12.1 Å². The number of carbonyl (C=O) groups is 1. The lowest BCUT2D eigenvalue weighted by atomic mass is 10.1. The number of para-hydroxylation sites is 1. The Kier molecular flexibility index (Phi) is 5.02. The number of aromatic amines is 1. The minimum atomic E-state index is -0.298. The molecule has 0 radical (unpaired) electrons. The van der Waals surface area contributed by atoms with Gasteiger partial charge in [0.1, 0.15) is 12.4 Å². The smallest absolute Gasteiger partial charge is 0.252 e. The third kappa shape index (κ3) is 3.45. The second-order valence-corrected chi connectivity index (χ2v) is 4.62. The van der Waals surface area contributed by atoms with Crippen molar-refractivity contribution in [2.75, 3.05) is 13.2 Å². The van der Waals surface area contributed by atoms with Crippen LogP contribution in [0.2, 0.25) is 0 Å². The molecule has 0 aliphatic rings. The largest absolute Gasteiger partial charge is 0.485 e. The first kappa shape index (κ1) is 15.1. The monoisotopic (exact) mass is 305 g/mol. The SMILES string of the molecule is NCCn1c(-c2ccccc2OCC=O)cc(=O)[nH]c1=S. The number of nitrogens with zero attached hydrogens (tertiary/aromatic N) is 1. The van der Waals surface area contributed by atoms with Crippen LogP contribution in [0.3, 0.4) is 0 Å². The van der Waals surface area contributed by atoms with E-state index < -0.39 is 0 Å². The molecule has 0 saturated carbocycles. The molecule has 0 fully saturated rings. The van der Waals surface area contributed by atoms with Gasteiger partial charge in [-0.3, -0.25) is 14.6 Å². The van der Waals surface area contributed by atoms with E-state index in [1.54, 1.807) is 22.8 Å². The number of rotatable bonds is 6. The van der Waals surface area contributed by atoms with Gasteiger partial charge >= 0.3 is 0 Å². The Morgan fingerprint density at radius 1 is 1.38 bits per heavy atom. The summed E-state index contributed by atoms with van der Waals surface area (Å²) in [5.74, 6) is 0.510. The van der Waals surface area contributed by atoms with E-state index in [1.165, 1.54) is 6.07 Å². The Labute approximate surface area is 126 Å². The second-order valence-electron chi connectivity index (χ2n) is 4.24. The Bertz CT molecular complexity index is 752. The average molecular weight is 305 g/mol. The number of benzene rings is 1. The highest BCUT2D eigenvalue weighted by Crippen LogP contribution is 2.28. The standard InChI is InChI=1S/C14H15N3O3S/c15-5-6-17-11(9-13(19)16-14(17)21)10-3-1-2-4-12(10)20-8-7-18/h1-4,7,9H,5-6,8,15H2,(H,16,19,21). The van der Waals surface area contributed by atoms with Gasteiger partial charge in [-0.25, -0.2) is 0 Å². The number of carbonyl (C=O) groups excluding carboxylic acids is 1. The van der Waals surface area contributed by atoms with Gasteiger partial charge in [-0.2, -0.15) is 0 Å². The van der Waals surface area contributed by atoms with Crippen LogP contribution in [0.15, 0.2) is 35.1 Å². The summed E-state index contributed by atoms with van der Waals surface area (Å²) in [6.45, 7) is 0.787. The maximum absolute atomic E-state index is 11.7. The third-order valence-corrected chi connectivity index (χ3v) is 3.18. The fourth-order valence-corrected chi connectivity index (χ4v) is 2.31. The van der Waals surface area contributed by atoms with E-state index in [4.69, 9.17) is 22.7 Å². The first-order chi connectivity index (χ1) is 10.2. The number of aromatic nitrogens is 2. The first-order valence-corrected chi connectivity index (χ1v) is 6.78. The topological polar surface area (TPSA) is 90.1 Å². The van der Waals surface area contributed by atoms with E-state index in [1.807, 2.05) is 6.07 Å². The number of nitrogens with two attached hydrogens (primary N) is 1. The van der Waals surface area contributed by atoms with E-state index in [0.29, 0.717) is 41.2 Å². The van der Waals surface area contributed by atoms with Gasteiger partial charge in [-0.05, 0) is 24.4 Å². The van der Waals surface area contributed by atoms with Crippen LogP contribution in [-0.4, -0.2) is 29.0 Å². The van der Waals surface area contributed by atoms with Gasteiger partial charge in [-0.15, -0.1) is 0 Å². The van der Waals surface area contributed by atoms with Crippen molar-refractivity contribution in [2.24, 2.45) is 5.73 Å². The van der Waals surface area contributed by atoms with E-state index in [9.17, 15) is 9.59 Å². The van der Waals surface area contributed by atoms with Crippen LogP contribution >= 0.6 is 12.2 Å². The Hall–Kier alpha value is -2.25. The number of hydrogen-bond acceptors (Lipinski definition) is 5. The normalized spacial score (nSPS) is 10.3. The quantitative estimate of drug-likeness (QED) is 0.616. The highest BCUT2D eigenvalue weighted by Gasteiger charge is 2.11. The zero-order valence-corrected chi connectivity index (χ0v) is 12.1. The van der Waals surface area contributed by atoms with Gasteiger partial charge in [0, 0.05) is 24.7 Å². The van der Waals surface area contributed by atoms with Gasteiger partial charge in [0.05, 0.1) is 5.69 Å². The van der Waals surface area contributed by atoms with E-state index in [0.717, 1.165) is 0 Å². The summed E-state index contributed by atoms with van der Waals surface area (Å²) in [5, 5.41) is 0. The summed E-state index contributed by atoms with van der Waals surface area (Å²) in [6.07, 6.45) is 0.668. The molecule has 1 aromatic carbocycles. The predicted molar refractivity (Wildman–Crippen MR) is 81.9 cm³/mol. The van der Waals surface area contributed by atoms with Crippen LogP contribution in [0.4, 0.5) is 0 Å². The van der Waals surface area contributed by atoms with Crippen LogP contribution in [-0.2, 0) is 11.3 Å². The van der Waals surface area contributed by atoms with E-state index in [2.05, 4.69) is 4.98 Å². The van der Waals surface area contributed by atoms with Crippen molar-refractivity contribution in [3.8, 4) is 17.0 Å². The summed E-state index contributed by atoms with van der Waals surface area (Å²) in [6, 6.07) is 8.58. The number of hydrogen-bond donors (Lipinski definition) is 2. The molecule has 6 nitrogen and oxygen atoms in total. The van der Waals surface area contributed by atoms with Crippen molar-refractivity contribution in [1.29, 1.82) is 0 Å². The maximum atomic E-state index is 11.7. The molecule has 0 aliphatic carbocycles. The Morgan fingerprint density at radius 3 is 2.86 bits per heavy atom. The lowest BCUT2D eigenvalue weighted by Crippen LogP contribution is -2.19. The minimum absolute atomic E-state index is 0.0577. The molecule has 1 heterocycles. The van der Waals surface area contributed by atoms with Gasteiger partial charge in [0.2, 0.25) is 0 Å². The second kappa shape index (κ2) is 6.96. The lowest BCUT2D eigenvalue weighted by Gasteiger charge is -2.15. The Morgan fingerprint density at radius 2 is 2.14 bits per heavy atom. The molecule has 2 aromatic rings. The van der Waals surface area contributed by atoms with Crippen LogP contribution in [0.5, 0.6) is 5.75 Å². The summed E-state index contributed by atoms with van der Waals surface area (Å²) >= 11 is 5.18. The first-order valence-electron chi connectivity index (χ1n) is 6.37. The van der Waals surface area contributed by atoms with Gasteiger partial charge in [0.25, 0.3) is 5.56 Å². The fourth-order valence-electron chi connectivity index (χ4n) is 2.02. The number of H-pyrrole nitrogens is 1. The molecule has 2 rings (SSSR count).